The predicted molar refractivity (Wildman–Crippen MR) is 73.0 cm³/mol. The summed E-state index contributed by atoms with van der Waals surface area (Å²) >= 11 is 4.97. The van der Waals surface area contributed by atoms with Gasteiger partial charge in [0.05, 0.1) is 5.69 Å². The summed E-state index contributed by atoms with van der Waals surface area (Å²) in [5.74, 6) is 0.788. The highest BCUT2D eigenvalue weighted by molar-refractivity contribution is 9.10. The lowest BCUT2D eigenvalue weighted by atomic mass is 10.4. The lowest BCUT2D eigenvalue weighted by molar-refractivity contribution is 0.901. The minimum atomic E-state index is 0.788. The molecule has 0 atom stereocenters. The molecule has 0 aromatic carbocycles. The molecular formula is C12H12BrN3S. The van der Waals surface area contributed by atoms with Crippen LogP contribution in [0.2, 0.25) is 0 Å². The van der Waals surface area contributed by atoms with Crippen LogP contribution in [0.1, 0.15) is 17.1 Å². The second kappa shape index (κ2) is 5.60. The van der Waals surface area contributed by atoms with Crippen LogP contribution in [0.5, 0.6) is 0 Å². The van der Waals surface area contributed by atoms with E-state index in [0.29, 0.717) is 0 Å². The van der Waals surface area contributed by atoms with Crippen molar-refractivity contribution < 1.29 is 0 Å². The quantitative estimate of drug-likeness (QED) is 0.642. The summed E-state index contributed by atoms with van der Waals surface area (Å²) in [5.41, 5.74) is 3.04. The van der Waals surface area contributed by atoms with Gasteiger partial charge in [-0.2, -0.15) is 0 Å². The van der Waals surface area contributed by atoms with Crippen LogP contribution in [0.3, 0.4) is 0 Å². The molecule has 2 heterocycles. The summed E-state index contributed by atoms with van der Waals surface area (Å²) in [7, 11) is 0. The second-order valence-electron chi connectivity index (χ2n) is 3.69. The molecule has 0 unspecified atom stereocenters. The third-order valence-electron chi connectivity index (χ3n) is 2.10. The number of aryl methyl sites for hydroxylation is 2. The maximum Gasteiger partial charge on any atom is 0.188 e. The van der Waals surface area contributed by atoms with Gasteiger partial charge >= 0.3 is 0 Å². The largest absolute Gasteiger partial charge is 0.259 e. The molecule has 0 saturated heterocycles. The first-order valence-corrected chi connectivity index (χ1v) is 6.97. The van der Waals surface area contributed by atoms with E-state index >= 15 is 0 Å². The molecule has 0 saturated carbocycles. The summed E-state index contributed by atoms with van der Waals surface area (Å²) in [5, 5.41) is 0.812. The predicted octanol–water partition coefficient (Wildman–Crippen LogP) is 3.54. The van der Waals surface area contributed by atoms with Crippen molar-refractivity contribution in [2.75, 3.05) is 0 Å². The van der Waals surface area contributed by atoms with Crippen molar-refractivity contribution in [2.45, 2.75) is 24.8 Å². The number of hydrogen-bond acceptors (Lipinski definition) is 4. The zero-order chi connectivity index (χ0) is 12.3. The minimum Gasteiger partial charge on any atom is -0.259 e. The van der Waals surface area contributed by atoms with Gasteiger partial charge in [-0.25, -0.2) is 9.97 Å². The Balaban J connectivity index is 2.04. The Labute approximate surface area is 113 Å². The van der Waals surface area contributed by atoms with Gasteiger partial charge < -0.3 is 0 Å². The number of thioether (sulfide) groups is 1. The van der Waals surface area contributed by atoms with Gasteiger partial charge in [0.25, 0.3) is 0 Å². The number of aromatic nitrogens is 3. The Hall–Kier alpha value is -0.940. The number of halogens is 1. The van der Waals surface area contributed by atoms with Crippen molar-refractivity contribution >= 4 is 27.7 Å². The molecule has 2 aromatic rings. The fourth-order valence-corrected chi connectivity index (χ4v) is 2.49. The molecule has 0 aliphatic carbocycles. The van der Waals surface area contributed by atoms with E-state index in [2.05, 4.69) is 30.9 Å². The van der Waals surface area contributed by atoms with Gasteiger partial charge in [-0.15, -0.1) is 0 Å². The maximum absolute atomic E-state index is 4.38. The highest BCUT2D eigenvalue weighted by atomic mass is 79.9. The first kappa shape index (κ1) is 12.5. The Morgan fingerprint density at radius 3 is 2.47 bits per heavy atom. The molecule has 0 amide bonds. The average Bonchev–Trinajstić information content (AvgIpc) is 2.27. The summed E-state index contributed by atoms with van der Waals surface area (Å²) in [6.45, 7) is 3.97. The number of pyridine rings is 1. The number of rotatable bonds is 3. The van der Waals surface area contributed by atoms with Crippen molar-refractivity contribution in [3.63, 3.8) is 0 Å². The van der Waals surface area contributed by atoms with Crippen molar-refractivity contribution in [3.8, 4) is 0 Å². The molecule has 5 heteroatoms. The molecule has 0 aliphatic heterocycles. The highest BCUT2D eigenvalue weighted by Crippen LogP contribution is 2.19. The van der Waals surface area contributed by atoms with Crippen LogP contribution in [0.4, 0.5) is 0 Å². The van der Waals surface area contributed by atoms with Crippen LogP contribution >= 0.6 is 27.7 Å². The summed E-state index contributed by atoms with van der Waals surface area (Å²) in [6, 6.07) is 5.97. The standard InChI is InChI=1S/C12H12BrN3S/c1-8-5-9(2)16-12(15-8)17-7-11-4-3-10(13)6-14-11/h3-6H,7H2,1-2H3. The molecular weight excluding hydrogens is 298 g/mol. The number of hydrogen-bond donors (Lipinski definition) is 0. The lowest BCUT2D eigenvalue weighted by Crippen LogP contribution is -1.94. The fourth-order valence-electron chi connectivity index (χ4n) is 1.39. The van der Waals surface area contributed by atoms with Gasteiger partial charge in [-0.1, -0.05) is 11.8 Å². The van der Waals surface area contributed by atoms with E-state index < -0.39 is 0 Å². The zero-order valence-corrected chi connectivity index (χ0v) is 12.0. The molecule has 0 fully saturated rings. The molecule has 3 nitrogen and oxygen atoms in total. The molecule has 0 radical (unpaired) electrons. The van der Waals surface area contributed by atoms with E-state index in [1.165, 1.54) is 0 Å². The van der Waals surface area contributed by atoms with Crippen LogP contribution in [0.15, 0.2) is 34.0 Å². The van der Waals surface area contributed by atoms with Gasteiger partial charge in [-0.05, 0) is 48.0 Å². The van der Waals surface area contributed by atoms with Crippen LogP contribution in [-0.2, 0) is 5.75 Å². The van der Waals surface area contributed by atoms with Gasteiger partial charge in [0.1, 0.15) is 0 Å². The normalized spacial score (nSPS) is 10.5. The SMILES string of the molecule is Cc1cc(C)nc(SCc2ccc(Br)cn2)n1. The molecule has 2 aromatic heterocycles. The molecule has 0 spiro atoms. The van der Waals surface area contributed by atoms with Crippen molar-refractivity contribution in [1.82, 2.24) is 15.0 Å². The molecule has 2 rings (SSSR count). The first-order chi connectivity index (χ1) is 8.13. The van der Waals surface area contributed by atoms with Gasteiger partial charge in [0, 0.05) is 27.8 Å². The average molecular weight is 310 g/mol. The third-order valence-corrected chi connectivity index (χ3v) is 3.45. The molecule has 0 aliphatic rings. The van der Waals surface area contributed by atoms with E-state index in [1.807, 2.05) is 32.0 Å². The molecule has 0 bridgehead atoms. The summed E-state index contributed by atoms with van der Waals surface area (Å²) in [6.07, 6.45) is 1.80. The second-order valence-corrected chi connectivity index (χ2v) is 5.55. The maximum atomic E-state index is 4.38. The third kappa shape index (κ3) is 3.78. The topological polar surface area (TPSA) is 38.7 Å². The molecule has 88 valence electrons. The summed E-state index contributed by atoms with van der Waals surface area (Å²) in [4.78, 5) is 13.1. The van der Waals surface area contributed by atoms with Gasteiger partial charge in [0.15, 0.2) is 5.16 Å². The van der Waals surface area contributed by atoms with E-state index in [9.17, 15) is 0 Å². The Morgan fingerprint density at radius 1 is 1.18 bits per heavy atom. The molecule has 17 heavy (non-hydrogen) atoms. The van der Waals surface area contributed by atoms with Crippen LogP contribution in [-0.4, -0.2) is 15.0 Å². The molecule has 0 N–H and O–H groups in total. The zero-order valence-electron chi connectivity index (χ0n) is 9.64. The lowest BCUT2D eigenvalue weighted by Gasteiger charge is -2.02. The monoisotopic (exact) mass is 309 g/mol. The van der Waals surface area contributed by atoms with Crippen molar-refractivity contribution in [1.29, 1.82) is 0 Å². The smallest absolute Gasteiger partial charge is 0.188 e. The van der Waals surface area contributed by atoms with Crippen LogP contribution < -0.4 is 0 Å². The first-order valence-electron chi connectivity index (χ1n) is 5.19. The van der Waals surface area contributed by atoms with E-state index in [4.69, 9.17) is 0 Å². The van der Waals surface area contributed by atoms with Crippen molar-refractivity contribution in [2.24, 2.45) is 0 Å². The Morgan fingerprint density at radius 2 is 1.88 bits per heavy atom. The number of nitrogens with zero attached hydrogens (tertiary/aromatic N) is 3. The van der Waals surface area contributed by atoms with Gasteiger partial charge in [-0.3, -0.25) is 4.98 Å². The fraction of sp³-hybridized carbons (Fsp3) is 0.250. The van der Waals surface area contributed by atoms with E-state index in [-0.39, 0.29) is 0 Å². The Kier molecular flexibility index (Phi) is 4.12. The highest BCUT2D eigenvalue weighted by Gasteiger charge is 2.02. The van der Waals surface area contributed by atoms with E-state index in [1.54, 1.807) is 18.0 Å². The van der Waals surface area contributed by atoms with E-state index in [0.717, 1.165) is 32.5 Å². The summed E-state index contributed by atoms with van der Waals surface area (Å²) < 4.78 is 0.994. The van der Waals surface area contributed by atoms with Crippen LogP contribution in [0.25, 0.3) is 0 Å². The minimum absolute atomic E-state index is 0.788. The van der Waals surface area contributed by atoms with Crippen LogP contribution in [0, 0.1) is 13.8 Å². The Bertz CT molecular complexity index is 493. The van der Waals surface area contributed by atoms with Crippen molar-refractivity contribution in [3.05, 3.63) is 46.0 Å². The van der Waals surface area contributed by atoms with Gasteiger partial charge in [0.2, 0.25) is 0 Å².